The number of pyridine rings is 1. The molecule has 0 aliphatic carbocycles. The van der Waals surface area contributed by atoms with E-state index in [0.29, 0.717) is 10.7 Å². The van der Waals surface area contributed by atoms with E-state index in [1.165, 1.54) is 11.3 Å². The number of carbonyl (C=O) groups is 1. The molecule has 3 heterocycles. The summed E-state index contributed by atoms with van der Waals surface area (Å²) in [4.78, 5) is 16.7. The van der Waals surface area contributed by atoms with Crippen molar-refractivity contribution in [2.24, 2.45) is 0 Å². The first-order valence-corrected chi connectivity index (χ1v) is 8.07. The second-order valence-electron chi connectivity index (χ2n) is 4.58. The number of thiophene rings is 1. The van der Waals surface area contributed by atoms with Crippen LogP contribution in [0.3, 0.4) is 0 Å². The number of fused-ring (bicyclic) bond motifs is 1. The van der Waals surface area contributed by atoms with E-state index in [0.717, 1.165) is 33.2 Å². The van der Waals surface area contributed by atoms with Crippen LogP contribution in [0.5, 0.6) is 0 Å². The first-order chi connectivity index (χ1) is 10.1. The Morgan fingerprint density at radius 3 is 2.90 bits per heavy atom. The molecule has 1 N–H and O–H groups in total. The molecule has 3 aromatic heterocycles. The quantitative estimate of drug-likeness (QED) is 0.761. The molecule has 7 heteroatoms. The van der Waals surface area contributed by atoms with E-state index in [2.05, 4.69) is 32.9 Å². The van der Waals surface area contributed by atoms with Crippen molar-refractivity contribution in [3.05, 3.63) is 39.4 Å². The Kier molecular flexibility index (Phi) is 3.77. The summed E-state index contributed by atoms with van der Waals surface area (Å²) in [5, 5.41) is 14.7. The Bertz CT molecular complexity index is 808. The van der Waals surface area contributed by atoms with Gasteiger partial charge < -0.3 is 5.11 Å². The number of hydrogen-bond donors (Lipinski definition) is 1. The number of halogens is 1. The molecule has 0 saturated carbocycles. The van der Waals surface area contributed by atoms with Crippen LogP contribution >= 0.6 is 27.3 Å². The largest absolute Gasteiger partial charge is 0.477 e. The van der Waals surface area contributed by atoms with E-state index in [1.54, 1.807) is 16.9 Å². The smallest absolute Gasteiger partial charge is 0.345 e. The van der Waals surface area contributed by atoms with E-state index in [9.17, 15) is 9.90 Å². The van der Waals surface area contributed by atoms with Gasteiger partial charge in [0, 0.05) is 16.1 Å². The standard InChI is InChI=1S/C14H12BrN3O2S/c1-2-3-10-9-6-11(14(19)20)21-13(9)18(17-10)12-5-4-8(15)7-16-12/h4-7H,2-3H2,1H3,(H,19,20). The molecule has 0 atom stereocenters. The predicted octanol–water partition coefficient (Wildman–Crippen LogP) is 3.90. The zero-order chi connectivity index (χ0) is 15.0. The van der Waals surface area contributed by atoms with Crippen molar-refractivity contribution in [2.75, 3.05) is 0 Å². The fourth-order valence-electron chi connectivity index (χ4n) is 2.14. The molecule has 0 aromatic carbocycles. The summed E-state index contributed by atoms with van der Waals surface area (Å²) in [5.74, 6) is -0.224. The Morgan fingerprint density at radius 2 is 2.29 bits per heavy atom. The molecule has 0 aliphatic rings. The van der Waals surface area contributed by atoms with Gasteiger partial charge in [0.25, 0.3) is 0 Å². The summed E-state index contributed by atoms with van der Waals surface area (Å²) >= 11 is 4.58. The third kappa shape index (κ3) is 2.58. The lowest BCUT2D eigenvalue weighted by molar-refractivity contribution is 0.0702. The van der Waals surface area contributed by atoms with E-state index < -0.39 is 5.97 Å². The Labute approximate surface area is 133 Å². The fraction of sp³-hybridized carbons (Fsp3) is 0.214. The van der Waals surface area contributed by atoms with Crippen molar-refractivity contribution in [3.8, 4) is 5.82 Å². The van der Waals surface area contributed by atoms with E-state index >= 15 is 0 Å². The summed E-state index contributed by atoms with van der Waals surface area (Å²) in [6.45, 7) is 2.08. The number of aryl methyl sites for hydroxylation is 1. The molecule has 0 fully saturated rings. The Hall–Kier alpha value is -1.73. The first kappa shape index (κ1) is 14.2. The molecule has 0 saturated heterocycles. The molecule has 0 amide bonds. The molecule has 3 aromatic rings. The van der Waals surface area contributed by atoms with Crippen molar-refractivity contribution in [1.29, 1.82) is 0 Å². The lowest BCUT2D eigenvalue weighted by Crippen LogP contribution is -1.99. The summed E-state index contributed by atoms with van der Waals surface area (Å²) in [5.41, 5.74) is 0.918. The predicted molar refractivity (Wildman–Crippen MR) is 85.4 cm³/mol. The number of nitrogens with zero attached hydrogens (tertiary/aromatic N) is 3. The van der Waals surface area contributed by atoms with Gasteiger partial charge >= 0.3 is 5.97 Å². The van der Waals surface area contributed by atoms with Crippen LogP contribution in [0.15, 0.2) is 28.9 Å². The van der Waals surface area contributed by atoms with Crippen LogP contribution in [0.2, 0.25) is 0 Å². The fourth-order valence-corrected chi connectivity index (χ4v) is 3.36. The number of hydrogen-bond acceptors (Lipinski definition) is 4. The minimum atomic E-state index is -0.908. The van der Waals surface area contributed by atoms with Crippen LogP contribution in [0.25, 0.3) is 16.0 Å². The summed E-state index contributed by atoms with van der Waals surface area (Å²) < 4.78 is 2.62. The number of carboxylic acid groups (broad SMARTS) is 1. The van der Waals surface area contributed by atoms with Crippen LogP contribution in [0.4, 0.5) is 0 Å². The van der Waals surface area contributed by atoms with Gasteiger partial charge in [-0.15, -0.1) is 11.3 Å². The molecule has 0 unspecified atom stereocenters. The summed E-state index contributed by atoms with van der Waals surface area (Å²) in [7, 11) is 0. The van der Waals surface area contributed by atoms with E-state index in [1.807, 2.05) is 12.1 Å². The summed E-state index contributed by atoms with van der Waals surface area (Å²) in [6.07, 6.45) is 3.47. The van der Waals surface area contributed by atoms with Crippen LogP contribution < -0.4 is 0 Å². The molecule has 0 radical (unpaired) electrons. The lowest BCUT2D eigenvalue weighted by atomic mass is 10.2. The molecule has 0 bridgehead atoms. The Morgan fingerprint density at radius 1 is 1.48 bits per heavy atom. The van der Waals surface area contributed by atoms with Crippen LogP contribution in [0.1, 0.15) is 28.7 Å². The topological polar surface area (TPSA) is 68.0 Å². The maximum Gasteiger partial charge on any atom is 0.345 e. The van der Waals surface area contributed by atoms with Gasteiger partial charge in [0.1, 0.15) is 9.71 Å². The molecular formula is C14H12BrN3O2S. The molecule has 0 aliphatic heterocycles. The maximum absolute atomic E-state index is 11.2. The third-order valence-corrected chi connectivity index (χ3v) is 4.63. The first-order valence-electron chi connectivity index (χ1n) is 6.46. The highest BCUT2D eigenvalue weighted by Crippen LogP contribution is 2.31. The van der Waals surface area contributed by atoms with Crippen molar-refractivity contribution in [2.45, 2.75) is 19.8 Å². The van der Waals surface area contributed by atoms with Gasteiger partial charge in [-0.05, 0) is 40.5 Å². The average molecular weight is 366 g/mol. The van der Waals surface area contributed by atoms with Crippen molar-refractivity contribution in [1.82, 2.24) is 14.8 Å². The minimum absolute atomic E-state index is 0.325. The van der Waals surface area contributed by atoms with Gasteiger partial charge in [0.05, 0.1) is 5.69 Å². The number of rotatable bonds is 4. The van der Waals surface area contributed by atoms with Crippen LogP contribution in [-0.4, -0.2) is 25.8 Å². The second kappa shape index (κ2) is 5.57. The van der Waals surface area contributed by atoms with E-state index in [4.69, 9.17) is 0 Å². The molecule has 3 rings (SSSR count). The van der Waals surface area contributed by atoms with Gasteiger partial charge in [0.2, 0.25) is 0 Å². The number of carboxylic acids is 1. The highest BCUT2D eigenvalue weighted by Gasteiger charge is 2.18. The summed E-state index contributed by atoms with van der Waals surface area (Å²) in [6, 6.07) is 5.45. The van der Waals surface area contributed by atoms with Crippen molar-refractivity contribution >= 4 is 43.5 Å². The zero-order valence-electron chi connectivity index (χ0n) is 11.2. The molecule has 0 spiro atoms. The van der Waals surface area contributed by atoms with E-state index in [-0.39, 0.29) is 0 Å². The van der Waals surface area contributed by atoms with Gasteiger partial charge in [-0.2, -0.15) is 5.10 Å². The van der Waals surface area contributed by atoms with Crippen LogP contribution in [-0.2, 0) is 6.42 Å². The van der Waals surface area contributed by atoms with Crippen molar-refractivity contribution < 1.29 is 9.90 Å². The van der Waals surface area contributed by atoms with Gasteiger partial charge in [-0.3, -0.25) is 0 Å². The normalized spacial score (nSPS) is 11.1. The third-order valence-electron chi connectivity index (χ3n) is 3.06. The maximum atomic E-state index is 11.2. The minimum Gasteiger partial charge on any atom is -0.477 e. The van der Waals surface area contributed by atoms with Crippen molar-refractivity contribution in [3.63, 3.8) is 0 Å². The number of aromatic nitrogens is 3. The Balaban J connectivity index is 2.21. The zero-order valence-corrected chi connectivity index (χ0v) is 13.6. The lowest BCUT2D eigenvalue weighted by Gasteiger charge is -2.01. The molecular weight excluding hydrogens is 354 g/mol. The van der Waals surface area contributed by atoms with Crippen LogP contribution in [0, 0.1) is 0 Å². The molecule has 108 valence electrons. The highest BCUT2D eigenvalue weighted by molar-refractivity contribution is 9.10. The van der Waals surface area contributed by atoms with Gasteiger partial charge in [-0.25, -0.2) is 14.5 Å². The molecule has 21 heavy (non-hydrogen) atoms. The van der Waals surface area contributed by atoms with Gasteiger partial charge in [0.15, 0.2) is 5.82 Å². The second-order valence-corrected chi connectivity index (χ2v) is 6.52. The highest BCUT2D eigenvalue weighted by atomic mass is 79.9. The average Bonchev–Trinajstić information content (AvgIpc) is 3.01. The SMILES string of the molecule is CCCc1nn(-c2ccc(Br)cn2)c2sc(C(=O)O)cc12. The van der Waals surface area contributed by atoms with Gasteiger partial charge in [-0.1, -0.05) is 13.3 Å². The monoisotopic (exact) mass is 365 g/mol. The molecule has 5 nitrogen and oxygen atoms in total. The number of aromatic carboxylic acids is 1.